The van der Waals surface area contributed by atoms with E-state index in [1.165, 1.54) is 17.6 Å². The topological polar surface area (TPSA) is 59.1 Å². The summed E-state index contributed by atoms with van der Waals surface area (Å²) < 4.78 is 22.7. The smallest absolute Gasteiger partial charge is 0.153 e. The number of nitrogens with zero attached hydrogens (tertiary/aromatic N) is 1. The number of hydrogen-bond donors (Lipinski definition) is 1. The van der Waals surface area contributed by atoms with Crippen LogP contribution in [0.4, 0.5) is 0 Å². The van der Waals surface area contributed by atoms with E-state index in [1.54, 1.807) is 0 Å². The maximum atomic E-state index is 11.4. The Kier molecular flexibility index (Phi) is 4.34. The molecule has 0 aliphatic carbocycles. The van der Waals surface area contributed by atoms with Crippen LogP contribution >= 0.6 is 11.3 Å². The van der Waals surface area contributed by atoms with Crippen LogP contribution < -0.4 is 5.32 Å². The minimum atomic E-state index is -3.05. The Morgan fingerprint density at radius 1 is 1.26 bits per heavy atom. The van der Waals surface area contributed by atoms with Gasteiger partial charge in [0.1, 0.15) is 10.8 Å². The number of benzene rings is 1. The molecule has 0 bridgehead atoms. The standard InChI is InChI=1S/C13H16N2O2S2/c1-14-8-11-13(10-6-4-3-5-7-10)18-12(15-11)9-19(2,16)17/h3-7,14H,8-9H2,1-2H3. The summed E-state index contributed by atoms with van der Waals surface area (Å²) in [6, 6.07) is 9.91. The first-order chi connectivity index (χ1) is 8.99. The van der Waals surface area contributed by atoms with E-state index >= 15 is 0 Å². The summed E-state index contributed by atoms with van der Waals surface area (Å²) >= 11 is 1.45. The molecule has 1 aromatic carbocycles. The Balaban J connectivity index is 2.42. The molecule has 0 fully saturated rings. The van der Waals surface area contributed by atoms with Crippen molar-refractivity contribution < 1.29 is 8.42 Å². The highest BCUT2D eigenvalue weighted by Crippen LogP contribution is 2.31. The molecule has 0 saturated carbocycles. The molecule has 2 aromatic rings. The van der Waals surface area contributed by atoms with Crippen molar-refractivity contribution in [1.29, 1.82) is 0 Å². The van der Waals surface area contributed by atoms with Gasteiger partial charge in [-0.3, -0.25) is 0 Å². The maximum Gasteiger partial charge on any atom is 0.153 e. The van der Waals surface area contributed by atoms with Crippen molar-refractivity contribution in [3.63, 3.8) is 0 Å². The summed E-state index contributed by atoms with van der Waals surface area (Å²) in [6.45, 7) is 0.629. The molecule has 0 radical (unpaired) electrons. The molecule has 4 nitrogen and oxygen atoms in total. The van der Waals surface area contributed by atoms with E-state index in [9.17, 15) is 8.42 Å². The van der Waals surface area contributed by atoms with Crippen LogP contribution in [0.2, 0.25) is 0 Å². The van der Waals surface area contributed by atoms with Crippen molar-refractivity contribution in [2.24, 2.45) is 0 Å². The molecule has 0 atom stereocenters. The fourth-order valence-corrected chi connectivity index (χ4v) is 4.06. The molecule has 2 rings (SSSR count). The number of nitrogens with one attached hydrogen (secondary N) is 1. The van der Waals surface area contributed by atoms with E-state index in [2.05, 4.69) is 10.3 Å². The number of thiazole rings is 1. The van der Waals surface area contributed by atoms with Gasteiger partial charge in [0.15, 0.2) is 9.84 Å². The van der Waals surface area contributed by atoms with Gasteiger partial charge in [-0.25, -0.2) is 13.4 Å². The summed E-state index contributed by atoms with van der Waals surface area (Å²) in [7, 11) is -1.20. The highest BCUT2D eigenvalue weighted by atomic mass is 32.2. The first-order valence-corrected chi connectivity index (χ1v) is 8.73. The Bertz CT molecular complexity index is 649. The molecule has 1 N–H and O–H groups in total. The van der Waals surface area contributed by atoms with Crippen LogP contribution in [0.3, 0.4) is 0 Å². The zero-order chi connectivity index (χ0) is 13.9. The van der Waals surface area contributed by atoms with E-state index in [4.69, 9.17) is 0 Å². The van der Waals surface area contributed by atoms with Crippen molar-refractivity contribution in [1.82, 2.24) is 10.3 Å². The van der Waals surface area contributed by atoms with Crippen molar-refractivity contribution >= 4 is 21.2 Å². The first-order valence-electron chi connectivity index (χ1n) is 5.86. The molecule has 0 unspecified atom stereocenters. The Hall–Kier alpha value is -1.24. The summed E-state index contributed by atoms with van der Waals surface area (Å²) in [5.41, 5.74) is 1.97. The van der Waals surface area contributed by atoms with E-state index in [0.29, 0.717) is 11.6 Å². The lowest BCUT2D eigenvalue weighted by molar-refractivity contribution is 0.601. The normalized spacial score (nSPS) is 11.7. The second-order valence-corrected chi connectivity index (χ2v) is 7.57. The van der Waals surface area contributed by atoms with E-state index in [0.717, 1.165) is 16.1 Å². The molecule has 1 heterocycles. The molecule has 0 aliphatic heterocycles. The summed E-state index contributed by atoms with van der Waals surface area (Å²) in [4.78, 5) is 5.47. The van der Waals surface area contributed by atoms with Crippen LogP contribution in [-0.2, 0) is 22.1 Å². The second-order valence-electron chi connectivity index (χ2n) is 4.35. The monoisotopic (exact) mass is 296 g/mol. The lowest BCUT2D eigenvalue weighted by Gasteiger charge is -2.00. The summed E-state index contributed by atoms with van der Waals surface area (Å²) in [6.07, 6.45) is 1.23. The van der Waals surface area contributed by atoms with Gasteiger partial charge in [-0.15, -0.1) is 11.3 Å². The van der Waals surface area contributed by atoms with Gasteiger partial charge in [0, 0.05) is 12.8 Å². The molecule has 1 aromatic heterocycles. The van der Waals surface area contributed by atoms with E-state index in [-0.39, 0.29) is 5.75 Å². The molecular weight excluding hydrogens is 280 g/mol. The molecule has 0 amide bonds. The zero-order valence-electron chi connectivity index (χ0n) is 10.9. The highest BCUT2D eigenvalue weighted by Gasteiger charge is 2.15. The van der Waals surface area contributed by atoms with Gasteiger partial charge in [-0.1, -0.05) is 30.3 Å². The van der Waals surface area contributed by atoms with Gasteiger partial charge in [0.2, 0.25) is 0 Å². The minimum Gasteiger partial charge on any atom is -0.314 e. The van der Waals surface area contributed by atoms with Crippen molar-refractivity contribution in [3.8, 4) is 10.4 Å². The van der Waals surface area contributed by atoms with Crippen LogP contribution in [0.25, 0.3) is 10.4 Å². The first kappa shape index (κ1) is 14.2. The molecule has 102 valence electrons. The van der Waals surface area contributed by atoms with E-state index in [1.807, 2.05) is 37.4 Å². The third kappa shape index (κ3) is 3.86. The predicted octanol–water partition coefficient (Wildman–Crippen LogP) is 2.07. The number of aromatic nitrogens is 1. The SMILES string of the molecule is CNCc1nc(CS(C)(=O)=O)sc1-c1ccccc1. The van der Waals surface area contributed by atoms with Crippen LogP contribution in [0.1, 0.15) is 10.7 Å². The second kappa shape index (κ2) is 5.81. The van der Waals surface area contributed by atoms with Gasteiger partial charge < -0.3 is 5.32 Å². The van der Waals surface area contributed by atoms with Crippen LogP contribution in [-0.4, -0.2) is 26.7 Å². The lowest BCUT2D eigenvalue weighted by atomic mass is 10.1. The van der Waals surface area contributed by atoms with Gasteiger partial charge in [0.25, 0.3) is 0 Å². The molecule has 0 spiro atoms. The fraction of sp³-hybridized carbons (Fsp3) is 0.308. The van der Waals surface area contributed by atoms with Gasteiger partial charge >= 0.3 is 0 Å². The third-order valence-corrected chi connectivity index (χ3v) is 4.63. The Morgan fingerprint density at radius 3 is 2.53 bits per heavy atom. The van der Waals surface area contributed by atoms with Crippen molar-refractivity contribution in [3.05, 3.63) is 41.0 Å². The molecule has 0 aliphatic rings. The summed E-state index contributed by atoms with van der Waals surface area (Å²) in [5.74, 6) is 0.00120. The lowest BCUT2D eigenvalue weighted by Crippen LogP contribution is -2.07. The largest absolute Gasteiger partial charge is 0.314 e. The van der Waals surface area contributed by atoms with Crippen LogP contribution in [0.5, 0.6) is 0 Å². The molecule has 0 saturated heterocycles. The molecule has 6 heteroatoms. The van der Waals surface area contributed by atoms with Crippen LogP contribution in [0, 0.1) is 0 Å². The number of hydrogen-bond acceptors (Lipinski definition) is 5. The third-order valence-electron chi connectivity index (χ3n) is 2.51. The average Bonchev–Trinajstić information content (AvgIpc) is 2.71. The van der Waals surface area contributed by atoms with Crippen molar-refractivity contribution in [2.45, 2.75) is 12.3 Å². The van der Waals surface area contributed by atoms with E-state index < -0.39 is 9.84 Å². The zero-order valence-corrected chi connectivity index (χ0v) is 12.5. The van der Waals surface area contributed by atoms with Gasteiger partial charge in [-0.2, -0.15) is 0 Å². The number of rotatable bonds is 5. The summed E-state index contributed by atoms with van der Waals surface area (Å²) in [5, 5.41) is 3.71. The fourth-order valence-electron chi connectivity index (χ4n) is 1.79. The van der Waals surface area contributed by atoms with Crippen molar-refractivity contribution in [2.75, 3.05) is 13.3 Å². The minimum absolute atomic E-state index is 0.00120. The maximum absolute atomic E-state index is 11.4. The van der Waals surface area contributed by atoms with Gasteiger partial charge in [0.05, 0.1) is 10.6 Å². The van der Waals surface area contributed by atoms with Gasteiger partial charge in [-0.05, 0) is 12.6 Å². The average molecular weight is 296 g/mol. The molecule has 19 heavy (non-hydrogen) atoms. The molecular formula is C13H16N2O2S2. The van der Waals surface area contributed by atoms with Crippen LogP contribution in [0.15, 0.2) is 30.3 Å². The highest BCUT2D eigenvalue weighted by molar-refractivity contribution is 7.90. The Labute approximate surface area is 117 Å². The number of sulfone groups is 1. The predicted molar refractivity (Wildman–Crippen MR) is 78.9 cm³/mol. The quantitative estimate of drug-likeness (QED) is 0.917. The Morgan fingerprint density at radius 2 is 1.95 bits per heavy atom.